The molecule has 1 aromatic carbocycles. The molecule has 0 aromatic heterocycles. The van der Waals surface area contributed by atoms with Crippen LogP contribution in [0.5, 0.6) is 11.5 Å². The summed E-state index contributed by atoms with van der Waals surface area (Å²) in [5.41, 5.74) is 1.02. The summed E-state index contributed by atoms with van der Waals surface area (Å²) in [6, 6.07) is 5.84. The Kier molecular flexibility index (Phi) is 3.85. The summed E-state index contributed by atoms with van der Waals surface area (Å²) < 4.78 is 34.4. The van der Waals surface area contributed by atoms with Crippen molar-refractivity contribution in [2.45, 2.75) is 25.4 Å². The van der Waals surface area contributed by atoms with Gasteiger partial charge in [0.05, 0.1) is 11.5 Å². The molecule has 1 atom stereocenters. The predicted molar refractivity (Wildman–Crippen MR) is 75.9 cm³/mol. The van der Waals surface area contributed by atoms with E-state index in [1.165, 1.54) is 0 Å². The molecular formula is C14H19NO4S. The molecule has 0 bridgehead atoms. The molecule has 1 N–H and O–H groups in total. The molecule has 3 rings (SSSR count). The number of benzene rings is 1. The minimum Gasteiger partial charge on any atom is -0.486 e. The molecule has 1 fully saturated rings. The first-order valence-electron chi connectivity index (χ1n) is 6.95. The molecule has 20 heavy (non-hydrogen) atoms. The summed E-state index contributed by atoms with van der Waals surface area (Å²) >= 11 is 0. The zero-order valence-electron chi connectivity index (χ0n) is 11.3. The van der Waals surface area contributed by atoms with Crippen molar-refractivity contribution in [1.29, 1.82) is 0 Å². The highest BCUT2D eigenvalue weighted by molar-refractivity contribution is 7.91. The summed E-state index contributed by atoms with van der Waals surface area (Å²) in [6.45, 7) is 1.74. The fourth-order valence-corrected chi connectivity index (χ4v) is 4.38. The van der Waals surface area contributed by atoms with Crippen molar-refractivity contribution in [3.8, 4) is 11.5 Å². The topological polar surface area (TPSA) is 64.6 Å². The predicted octanol–water partition coefficient (Wildman–Crippen LogP) is 1.12. The normalized spacial score (nSPS) is 24.3. The van der Waals surface area contributed by atoms with Crippen LogP contribution in [0.2, 0.25) is 0 Å². The van der Waals surface area contributed by atoms with Gasteiger partial charge in [0.25, 0.3) is 0 Å². The van der Waals surface area contributed by atoms with Crippen molar-refractivity contribution < 1.29 is 17.9 Å². The zero-order chi connectivity index (χ0) is 14.0. The number of fused-ring (bicyclic) bond motifs is 1. The van der Waals surface area contributed by atoms with E-state index in [-0.39, 0.29) is 11.8 Å². The smallest absolute Gasteiger partial charge is 0.165 e. The van der Waals surface area contributed by atoms with E-state index in [0.717, 1.165) is 29.9 Å². The summed E-state index contributed by atoms with van der Waals surface area (Å²) in [5.74, 6) is 2.11. The van der Waals surface area contributed by atoms with E-state index in [0.29, 0.717) is 25.5 Å². The summed E-state index contributed by atoms with van der Waals surface area (Å²) in [4.78, 5) is 0. The lowest BCUT2D eigenvalue weighted by Gasteiger charge is -2.25. The fourth-order valence-electron chi connectivity index (χ4n) is 2.71. The lowest BCUT2D eigenvalue weighted by Crippen LogP contribution is -2.39. The number of ether oxygens (including phenoxy) is 2. The second-order valence-electron chi connectivity index (χ2n) is 5.28. The molecule has 0 amide bonds. The van der Waals surface area contributed by atoms with Crippen LogP contribution >= 0.6 is 0 Å². The molecule has 2 aliphatic heterocycles. The quantitative estimate of drug-likeness (QED) is 0.906. The monoisotopic (exact) mass is 297 g/mol. The van der Waals surface area contributed by atoms with Crippen LogP contribution < -0.4 is 14.8 Å². The molecule has 1 unspecified atom stereocenters. The Morgan fingerprint density at radius 2 is 2.10 bits per heavy atom. The minimum absolute atomic E-state index is 0.0362. The second kappa shape index (κ2) is 5.61. The number of hydrogen-bond acceptors (Lipinski definition) is 5. The van der Waals surface area contributed by atoms with Gasteiger partial charge in [-0.2, -0.15) is 0 Å². The average molecular weight is 297 g/mol. The molecule has 5 nitrogen and oxygen atoms in total. The summed E-state index contributed by atoms with van der Waals surface area (Å²) in [7, 11) is -2.87. The highest BCUT2D eigenvalue weighted by Gasteiger charge is 2.25. The van der Waals surface area contributed by atoms with Crippen LogP contribution in [0.25, 0.3) is 0 Å². The van der Waals surface area contributed by atoms with Gasteiger partial charge in [-0.05, 0) is 18.9 Å². The highest BCUT2D eigenvalue weighted by atomic mass is 32.2. The lowest BCUT2D eigenvalue weighted by molar-refractivity contribution is 0.169. The number of hydrogen-bond donors (Lipinski definition) is 1. The van der Waals surface area contributed by atoms with Crippen molar-refractivity contribution >= 4 is 9.84 Å². The maximum atomic E-state index is 11.6. The molecule has 2 aliphatic rings. The van der Waals surface area contributed by atoms with Gasteiger partial charge in [-0.3, -0.25) is 0 Å². The van der Waals surface area contributed by atoms with E-state index in [4.69, 9.17) is 9.47 Å². The Balaban J connectivity index is 1.67. The van der Waals surface area contributed by atoms with Crippen LogP contribution in [-0.4, -0.2) is 39.2 Å². The van der Waals surface area contributed by atoms with Crippen LogP contribution in [0.15, 0.2) is 18.2 Å². The third-order valence-corrected chi connectivity index (χ3v) is 5.51. The van der Waals surface area contributed by atoms with E-state index >= 15 is 0 Å². The number of nitrogens with one attached hydrogen (secondary N) is 1. The van der Waals surface area contributed by atoms with Gasteiger partial charge in [-0.15, -0.1) is 0 Å². The summed E-state index contributed by atoms with van der Waals surface area (Å²) in [6.07, 6.45) is 1.65. The van der Waals surface area contributed by atoms with Crippen LogP contribution in [-0.2, 0) is 16.4 Å². The fraction of sp³-hybridized carbons (Fsp3) is 0.571. The number of para-hydroxylation sites is 1. The Labute approximate surface area is 119 Å². The molecule has 0 saturated carbocycles. The maximum Gasteiger partial charge on any atom is 0.165 e. The van der Waals surface area contributed by atoms with E-state index in [1.54, 1.807) is 0 Å². The van der Waals surface area contributed by atoms with E-state index in [9.17, 15) is 8.42 Å². The molecule has 2 heterocycles. The van der Waals surface area contributed by atoms with Crippen molar-refractivity contribution in [3.05, 3.63) is 23.8 Å². The molecular weight excluding hydrogens is 278 g/mol. The Morgan fingerprint density at radius 3 is 2.95 bits per heavy atom. The first kappa shape index (κ1) is 13.7. The van der Waals surface area contributed by atoms with Gasteiger partial charge in [-0.1, -0.05) is 12.1 Å². The van der Waals surface area contributed by atoms with Crippen molar-refractivity contribution in [1.82, 2.24) is 5.32 Å². The third kappa shape index (κ3) is 3.07. The SMILES string of the molecule is O=S1(=O)CCCC(NCc2cccc3c2OCCO3)C1. The van der Waals surface area contributed by atoms with Crippen molar-refractivity contribution in [3.63, 3.8) is 0 Å². The first-order valence-corrected chi connectivity index (χ1v) is 8.77. The van der Waals surface area contributed by atoms with Crippen LogP contribution in [0.1, 0.15) is 18.4 Å². The third-order valence-electron chi connectivity index (χ3n) is 3.69. The van der Waals surface area contributed by atoms with Gasteiger partial charge in [0, 0.05) is 18.2 Å². The lowest BCUT2D eigenvalue weighted by atomic mass is 10.1. The van der Waals surface area contributed by atoms with Crippen LogP contribution in [0.3, 0.4) is 0 Å². The maximum absolute atomic E-state index is 11.6. The minimum atomic E-state index is -2.87. The standard InChI is InChI=1S/C14H19NO4S/c16-20(17)8-2-4-12(10-20)15-9-11-3-1-5-13-14(11)19-7-6-18-13/h1,3,5,12,15H,2,4,6-10H2. The number of sulfone groups is 1. The highest BCUT2D eigenvalue weighted by Crippen LogP contribution is 2.33. The Morgan fingerprint density at radius 1 is 1.25 bits per heavy atom. The molecule has 0 radical (unpaired) electrons. The Hall–Kier alpha value is -1.27. The summed E-state index contributed by atoms with van der Waals surface area (Å²) in [5, 5.41) is 3.33. The van der Waals surface area contributed by atoms with Gasteiger partial charge < -0.3 is 14.8 Å². The molecule has 1 aromatic rings. The van der Waals surface area contributed by atoms with Gasteiger partial charge in [-0.25, -0.2) is 8.42 Å². The van der Waals surface area contributed by atoms with Crippen LogP contribution in [0, 0.1) is 0 Å². The largest absolute Gasteiger partial charge is 0.486 e. The van der Waals surface area contributed by atoms with Crippen molar-refractivity contribution in [2.24, 2.45) is 0 Å². The van der Waals surface area contributed by atoms with Crippen LogP contribution in [0.4, 0.5) is 0 Å². The van der Waals surface area contributed by atoms with Gasteiger partial charge in [0.15, 0.2) is 21.3 Å². The van der Waals surface area contributed by atoms with Gasteiger partial charge in [0.1, 0.15) is 13.2 Å². The molecule has 1 saturated heterocycles. The van der Waals surface area contributed by atoms with E-state index < -0.39 is 9.84 Å². The van der Waals surface area contributed by atoms with E-state index in [2.05, 4.69) is 5.32 Å². The molecule has 0 aliphatic carbocycles. The molecule has 6 heteroatoms. The first-order chi connectivity index (χ1) is 9.64. The second-order valence-corrected chi connectivity index (χ2v) is 7.50. The Bertz CT molecular complexity index is 585. The zero-order valence-corrected chi connectivity index (χ0v) is 12.1. The van der Waals surface area contributed by atoms with E-state index in [1.807, 2.05) is 18.2 Å². The molecule has 0 spiro atoms. The van der Waals surface area contributed by atoms with Crippen molar-refractivity contribution in [2.75, 3.05) is 24.7 Å². The van der Waals surface area contributed by atoms with Gasteiger partial charge >= 0.3 is 0 Å². The number of rotatable bonds is 3. The molecule has 110 valence electrons. The van der Waals surface area contributed by atoms with Gasteiger partial charge in [0.2, 0.25) is 0 Å². The average Bonchev–Trinajstić information content (AvgIpc) is 2.44.